The lowest BCUT2D eigenvalue weighted by Gasteiger charge is -2.18. The van der Waals surface area contributed by atoms with E-state index in [0.717, 1.165) is 0 Å². The number of carbonyl (C=O) groups is 4. The Kier molecular flexibility index (Phi) is 11.7. The number of phenols is 1. The van der Waals surface area contributed by atoms with E-state index in [9.17, 15) is 29.4 Å². The molecule has 1 unspecified atom stereocenters. The summed E-state index contributed by atoms with van der Waals surface area (Å²) in [6.07, 6.45) is 1.50. The number of hydrogen-bond acceptors (Lipinski definition) is 8. The zero-order chi connectivity index (χ0) is 36.3. The van der Waals surface area contributed by atoms with Crippen molar-refractivity contribution in [2.24, 2.45) is 0 Å². The topological polar surface area (TPSA) is 163 Å². The number of amides is 3. The van der Waals surface area contributed by atoms with E-state index in [1.54, 1.807) is 97.1 Å². The van der Waals surface area contributed by atoms with Gasteiger partial charge in [-0.15, -0.1) is 11.8 Å². The molecule has 0 spiro atoms. The molecule has 0 aliphatic heterocycles. The highest BCUT2D eigenvalue weighted by Crippen LogP contribution is 2.37. The number of aromatic carboxylic acids is 1. The highest BCUT2D eigenvalue weighted by Gasteiger charge is 2.23. The molecule has 0 saturated heterocycles. The fourth-order valence-electron chi connectivity index (χ4n) is 4.90. The summed E-state index contributed by atoms with van der Waals surface area (Å²) in [6.45, 7) is 0. The largest absolute Gasteiger partial charge is 0.507 e. The van der Waals surface area contributed by atoms with Crippen LogP contribution in [0.5, 0.6) is 17.2 Å². The average molecular weight is 704 g/mol. The van der Waals surface area contributed by atoms with Crippen LogP contribution in [0.3, 0.4) is 0 Å². The van der Waals surface area contributed by atoms with Crippen LogP contribution in [0.4, 0.5) is 11.4 Å². The number of rotatable bonds is 13. The number of nitrogens with one attached hydrogen (secondary N) is 3. The molecule has 51 heavy (non-hydrogen) atoms. The van der Waals surface area contributed by atoms with Gasteiger partial charge in [0.2, 0.25) is 5.91 Å². The van der Waals surface area contributed by atoms with Gasteiger partial charge in [0.05, 0.1) is 14.2 Å². The Morgan fingerprint density at radius 1 is 0.745 bits per heavy atom. The van der Waals surface area contributed by atoms with Gasteiger partial charge in [-0.25, -0.2) is 4.79 Å². The highest BCUT2D eigenvalue weighted by atomic mass is 32.2. The molecule has 0 aromatic heterocycles. The first-order valence-electron chi connectivity index (χ1n) is 15.5. The van der Waals surface area contributed by atoms with Crippen LogP contribution in [-0.4, -0.2) is 48.1 Å². The SMILES string of the molecule is COc1ccc(OC)c(/C=C(\NC(=O)c2ccccc2)C(=O)Nc2ccc(SC(C(=O)Nc3ccc(O)c(C(=O)O)c3)c3ccccc3)cc2)c1. The normalized spacial score (nSPS) is 11.5. The molecule has 5 rings (SSSR count). The monoisotopic (exact) mass is 703 g/mol. The second-order valence-electron chi connectivity index (χ2n) is 10.9. The van der Waals surface area contributed by atoms with E-state index in [0.29, 0.717) is 38.8 Å². The van der Waals surface area contributed by atoms with Gasteiger partial charge in [0.25, 0.3) is 11.8 Å². The van der Waals surface area contributed by atoms with Gasteiger partial charge < -0.3 is 35.6 Å². The summed E-state index contributed by atoms with van der Waals surface area (Å²) in [5, 5.41) is 26.8. The van der Waals surface area contributed by atoms with Crippen LogP contribution >= 0.6 is 11.8 Å². The fraction of sp³-hybridized carbons (Fsp3) is 0.0769. The molecular formula is C39H33N3O8S. The van der Waals surface area contributed by atoms with Crippen molar-refractivity contribution in [2.45, 2.75) is 10.1 Å². The van der Waals surface area contributed by atoms with Crippen LogP contribution in [0, 0.1) is 0 Å². The summed E-state index contributed by atoms with van der Waals surface area (Å²) in [7, 11) is 3.01. The Labute approximate surface area is 297 Å². The van der Waals surface area contributed by atoms with Crippen molar-refractivity contribution in [3.8, 4) is 17.2 Å². The smallest absolute Gasteiger partial charge is 0.339 e. The molecule has 11 nitrogen and oxygen atoms in total. The Bertz CT molecular complexity index is 2070. The molecule has 3 amide bonds. The molecule has 0 radical (unpaired) electrons. The number of hydrogen-bond donors (Lipinski definition) is 5. The fourth-order valence-corrected chi connectivity index (χ4v) is 5.92. The third-order valence-corrected chi connectivity index (χ3v) is 8.73. The molecule has 0 heterocycles. The number of carboxylic acid groups (broad SMARTS) is 1. The number of benzene rings is 5. The summed E-state index contributed by atoms with van der Waals surface area (Å²) >= 11 is 1.25. The lowest BCUT2D eigenvalue weighted by molar-refractivity contribution is -0.116. The molecule has 258 valence electrons. The lowest BCUT2D eigenvalue weighted by atomic mass is 10.1. The lowest BCUT2D eigenvalue weighted by Crippen LogP contribution is -2.30. The number of methoxy groups -OCH3 is 2. The van der Waals surface area contributed by atoms with E-state index in [-0.39, 0.29) is 16.9 Å². The molecule has 5 N–H and O–H groups in total. The Hall–Kier alpha value is -6.53. The summed E-state index contributed by atoms with van der Waals surface area (Å²) in [5.74, 6) is -2.25. The molecule has 0 aliphatic rings. The summed E-state index contributed by atoms with van der Waals surface area (Å²) in [6, 6.07) is 33.3. The number of ether oxygens (including phenoxy) is 2. The van der Waals surface area contributed by atoms with E-state index in [1.807, 2.05) is 6.07 Å². The van der Waals surface area contributed by atoms with Crippen molar-refractivity contribution in [3.63, 3.8) is 0 Å². The Morgan fingerprint density at radius 3 is 2.06 bits per heavy atom. The second kappa shape index (κ2) is 16.7. The maximum atomic E-state index is 13.7. The first-order chi connectivity index (χ1) is 24.6. The number of carboxylic acids is 1. The van der Waals surface area contributed by atoms with Crippen LogP contribution < -0.4 is 25.4 Å². The minimum absolute atomic E-state index is 0.0463. The number of carbonyl (C=O) groups excluding carboxylic acids is 3. The highest BCUT2D eigenvalue weighted by molar-refractivity contribution is 8.00. The quantitative estimate of drug-likeness (QED) is 0.0494. The Morgan fingerprint density at radius 2 is 1.41 bits per heavy atom. The van der Waals surface area contributed by atoms with E-state index in [1.165, 1.54) is 50.3 Å². The molecule has 5 aromatic carbocycles. The van der Waals surface area contributed by atoms with Crippen LogP contribution in [0.25, 0.3) is 6.08 Å². The number of aromatic hydroxyl groups is 1. The predicted molar refractivity (Wildman–Crippen MR) is 195 cm³/mol. The third-order valence-electron chi connectivity index (χ3n) is 7.47. The first-order valence-corrected chi connectivity index (χ1v) is 16.3. The minimum atomic E-state index is -1.33. The summed E-state index contributed by atoms with van der Waals surface area (Å²) < 4.78 is 10.8. The van der Waals surface area contributed by atoms with Gasteiger partial charge in [-0.2, -0.15) is 0 Å². The van der Waals surface area contributed by atoms with Gasteiger partial charge in [0.1, 0.15) is 33.8 Å². The first kappa shape index (κ1) is 35.8. The van der Waals surface area contributed by atoms with Crippen molar-refractivity contribution in [1.29, 1.82) is 0 Å². The third kappa shape index (κ3) is 9.34. The van der Waals surface area contributed by atoms with Crippen molar-refractivity contribution in [3.05, 3.63) is 149 Å². The molecule has 1 atom stereocenters. The second-order valence-corrected chi connectivity index (χ2v) is 12.1. The number of anilines is 2. The van der Waals surface area contributed by atoms with Crippen molar-refractivity contribution in [2.75, 3.05) is 24.9 Å². The molecule has 0 aliphatic carbocycles. The molecule has 0 saturated carbocycles. The van der Waals surface area contributed by atoms with Crippen LogP contribution in [0.15, 0.2) is 132 Å². The Balaban J connectivity index is 1.37. The predicted octanol–water partition coefficient (Wildman–Crippen LogP) is 6.99. The van der Waals surface area contributed by atoms with Crippen molar-refractivity contribution >= 4 is 52.9 Å². The molecule has 0 fully saturated rings. The molecule has 5 aromatic rings. The van der Waals surface area contributed by atoms with Gasteiger partial charge in [-0.3, -0.25) is 14.4 Å². The molecule has 0 bridgehead atoms. The van der Waals surface area contributed by atoms with Gasteiger partial charge in [-0.1, -0.05) is 48.5 Å². The van der Waals surface area contributed by atoms with Crippen molar-refractivity contribution in [1.82, 2.24) is 5.32 Å². The van der Waals surface area contributed by atoms with E-state index in [4.69, 9.17) is 9.47 Å². The van der Waals surface area contributed by atoms with Gasteiger partial charge >= 0.3 is 5.97 Å². The standard InChI is InChI=1S/C39H33N3O8S/c1-49-29-16-20-34(50-2)26(21-29)22-32(42-36(44)25-11-7-4-8-12-25)37(45)40-27-13-17-30(18-14-27)51-35(24-9-5-3-6-10-24)38(46)41-28-15-19-33(43)31(23-28)39(47)48/h3-23,35,43H,1-2H3,(H,40,45)(H,41,46)(H,42,44)(H,47,48)/b32-22-. The zero-order valence-electron chi connectivity index (χ0n) is 27.5. The van der Waals surface area contributed by atoms with Gasteiger partial charge in [-0.05, 0) is 84.4 Å². The maximum Gasteiger partial charge on any atom is 0.339 e. The van der Waals surface area contributed by atoms with E-state index < -0.39 is 34.7 Å². The maximum absolute atomic E-state index is 13.7. The summed E-state index contributed by atoms with van der Waals surface area (Å²) in [4.78, 5) is 52.5. The van der Waals surface area contributed by atoms with Gasteiger partial charge in [0, 0.05) is 27.4 Å². The van der Waals surface area contributed by atoms with Crippen LogP contribution in [0.2, 0.25) is 0 Å². The van der Waals surface area contributed by atoms with Crippen LogP contribution in [0.1, 0.15) is 37.1 Å². The van der Waals surface area contributed by atoms with E-state index >= 15 is 0 Å². The van der Waals surface area contributed by atoms with E-state index in [2.05, 4.69) is 16.0 Å². The molecule has 12 heteroatoms. The van der Waals surface area contributed by atoms with Crippen molar-refractivity contribution < 1.29 is 38.9 Å². The minimum Gasteiger partial charge on any atom is -0.507 e. The zero-order valence-corrected chi connectivity index (χ0v) is 28.3. The average Bonchev–Trinajstić information content (AvgIpc) is 3.15. The van der Waals surface area contributed by atoms with Crippen LogP contribution in [-0.2, 0) is 9.59 Å². The summed E-state index contributed by atoms with van der Waals surface area (Å²) in [5.41, 5.74) is 1.81. The number of thioether (sulfide) groups is 1. The molecular weight excluding hydrogens is 671 g/mol. The van der Waals surface area contributed by atoms with Gasteiger partial charge in [0.15, 0.2) is 0 Å².